The molecule has 0 heterocycles. The summed E-state index contributed by atoms with van der Waals surface area (Å²) in [7, 11) is 1.32. The third-order valence-corrected chi connectivity index (χ3v) is 3.49. The fraction of sp³-hybridized carbons (Fsp3) is 0.615. The van der Waals surface area contributed by atoms with Gasteiger partial charge in [0.05, 0.1) is 12.0 Å². The van der Waals surface area contributed by atoms with Gasteiger partial charge in [0.25, 0.3) is 0 Å². The zero-order valence-corrected chi connectivity index (χ0v) is 12.3. The number of carbonyl (C=O) groups excluding carboxylic acids is 2. The molecule has 0 fully saturated rings. The van der Waals surface area contributed by atoms with Gasteiger partial charge >= 0.3 is 12.0 Å². The zero-order chi connectivity index (χ0) is 15.3. The number of nitrogens with one attached hydrogen (secondary N) is 1. The number of carbonyl (C=O) groups is 3. The number of carboxylic acid groups (broad SMARTS) is 1. The van der Waals surface area contributed by atoms with E-state index in [9.17, 15) is 14.4 Å². The van der Waals surface area contributed by atoms with E-state index in [1.165, 1.54) is 14.0 Å². The number of halogens is 1. The number of aliphatic carboxylic acids is 1. The minimum Gasteiger partial charge on any atom is -0.481 e. The Hall–Kier alpha value is -1.56. The summed E-state index contributed by atoms with van der Waals surface area (Å²) in [5.74, 6) is -1.51. The lowest BCUT2D eigenvalue weighted by Gasteiger charge is -2.35. The summed E-state index contributed by atoms with van der Waals surface area (Å²) in [6.45, 7) is 1.48. The highest BCUT2D eigenvalue weighted by Crippen LogP contribution is 2.27. The van der Waals surface area contributed by atoms with Crippen LogP contribution in [-0.2, 0) is 9.59 Å². The molecular weight excluding hydrogens is 284 g/mol. The molecule has 0 saturated carbocycles. The van der Waals surface area contributed by atoms with Gasteiger partial charge in [-0.3, -0.25) is 14.5 Å². The van der Waals surface area contributed by atoms with Gasteiger partial charge in [-0.1, -0.05) is 12.2 Å². The molecular formula is C13H19ClN2O4. The molecule has 2 unspecified atom stereocenters. The lowest BCUT2D eigenvalue weighted by molar-refractivity contribution is -0.138. The van der Waals surface area contributed by atoms with Gasteiger partial charge in [-0.15, -0.1) is 11.6 Å². The summed E-state index contributed by atoms with van der Waals surface area (Å²) in [6, 6.07) is -0.626. The van der Waals surface area contributed by atoms with Crippen LogP contribution >= 0.6 is 11.6 Å². The van der Waals surface area contributed by atoms with Crippen molar-refractivity contribution in [1.29, 1.82) is 0 Å². The third kappa shape index (κ3) is 4.23. The van der Waals surface area contributed by atoms with Gasteiger partial charge in [0.15, 0.2) is 0 Å². The van der Waals surface area contributed by atoms with Gasteiger partial charge in [0.2, 0.25) is 5.91 Å². The Morgan fingerprint density at radius 2 is 2.10 bits per heavy atom. The second-order valence-electron chi connectivity index (χ2n) is 5.01. The third-order valence-electron chi connectivity index (χ3n) is 3.30. The van der Waals surface area contributed by atoms with E-state index >= 15 is 0 Å². The monoisotopic (exact) mass is 302 g/mol. The number of allylic oxidation sites excluding steroid dienone is 1. The molecule has 6 nitrogen and oxygen atoms in total. The number of amides is 3. The van der Waals surface area contributed by atoms with E-state index in [0.29, 0.717) is 19.3 Å². The van der Waals surface area contributed by atoms with Gasteiger partial charge in [0.1, 0.15) is 5.38 Å². The van der Waals surface area contributed by atoms with Crippen molar-refractivity contribution < 1.29 is 19.5 Å². The van der Waals surface area contributed by atoms with Gasteiger partial charge in [0, 0.05) is 7.05 Å². The largest absolute Gasteiger partial charge is 0.481 e. The second kappa shape index (κ2) is 6.74. The topological polar surface area (TPSA) is 86.7 Å². The Labute approximate surface area is 122 Å². The second-order valence-corrected chi connectivity index (χ2v) is 5.66. The van der Waals surface area contributed by atoms with E-state index in [-0.39, 0.29) is 6.42 Å². The van der Waals surface area contributed by atoms with Crippen LogP contribution in [-0.4, -0.2) is 45.9 Å². The minimum absolute atomic E-state index is 0.179. The first-order valence-corrected chi connectivity index (χ1v) is 6.82. The van der Waals surface area contributed by atoms with E-state index in [1.54, 1.807) is 0 Å². The van der Waals surface area contributed by atoms with Crippen LogP contribution < -0.4 is 5.32 Å². The highest BCUT2D eigenvalue weighted by atomic mass is 35.5. The average molecular weight is 303 g/mol. The molecule has 0 aromatic carbocycles. The highest BCUT2D eigenvalue weighted by molar-refractivity contribution is 6.31. The lowest BCUT2D eigenvalue weighted by atomic mass is 9.83. The van der Waals surface area contributed by atoms with Crippen LogP contribution in [0, 0.1) is 0 Å². The first-order chi connectivity index (χ1) is 9.27. The first kappa shape index (κ1) is 16.5. The Morgan fingerprint density at radius 3 is 2.55 bits per heavy atom. The van der Waals surface area contributed by atoms with E-state index < -0.39 is 28.8 Å². The Kier molecular flexibility index (Phi) is 5.56. The molecule has 0 aromatic heterocycles. The maximum atomic E-state index is 12.1. The van der Waals surface area contributed by atoms with Crippen molar-refractivity contribution in [3.63, 3.8) is 0 Å². The van der Waals surface area contributed by atoms with Crippen LogP contribution in [0.25, 0.3) is 0 Å². The summed E-state index contributed by atoms with van der Waals surface area (Å²) in [4.78, 5) is 35.6. The summed E-state index contributed by atoms with van der Waals surface area (Å²) in [5.41, 5.74) is -0.845. The van der Waals surface area contributed by atoms with Crippen LogP contribution in [0.1, 0.15) is 32.6 Å². The molecule has 3 amide bonds. The lowest BCUT2D eigenvalue weighted by Crippen LogP contribution is -2.55. The molecule has 2 atom stereocenters. The molecule has 2 N–H and O–H groups in total. The minimum atomic E-state index is -0.986. The number of rotatable bonds is 4. The molecule has 0 aromatic rings. The standard InChI is InChI=1S/C13H19ClN2O4/c1-9(14)11(19)16(2)12(20)15-13(8-10(17)18)6-4-3-5-7-13/h3-4,9H,5-8H2,1-2H3,(H,15,20)(H,17,18). The Morgan fingerprint density at radius 1 is 1.45 bits per heavy atom. The fourth-order valence-corrected chi connectivity index (χ4v) is 2.32. The smallest absolute Gasteiger partial charge is 0.324 e. The van der Waals surface area contributed by atoms with Crippen LogP contribution in [0.5, 0.6) is 0 Å². The predicted molar refractivity (Wildman–Crippen MR) is 74.6 cm³/mol. The average Bonchev–Trinajstić information content (AvgIpc) is 2.36. The van der Waals surface area contributed by atoms with Gasteiger partial charge in [-0.25, -0.2) is 4.79 Å². The number of alkyl halides is 1. The molecule has 1 aliphatic rings. The number of hydrogen-bond donors (Lipinski definition) is 2. The Balaban J connectivity index is 2.80. The van der Waals surface area contributed by atoms with E-state index in [4.69, 9.17) is 16.7 Å². The van der Waals surface area contributed by atoms with Crippen molar-refractivity contribution >= 4 is 29.5 Å². The normalized spacial score (nSPS) is 22.9. The molecule has 0 saturated heterocycles. The molecule has 1 aliphatic carbocycles. The number of nitrogens with zero attached hydrogens (tertiary/aromatic N) is 1. The molecule has 0 spiro atoms. The van der Waals surface area contributed by atoms with E-state index in [2.05, 4.69) is 5.32 Å². The van der Waals surface area contributed by atoms with Gasteiger partial charge in [-0.05, 0) is 26.2 Å². The molecule has 1 rings (SSSR count). The Bertz CT molecular complexity index is 436. The molecule has 112 valence electrons. The van der Waals surface area contributed by atoms with E-state index in [0.717, 1.165) is 4.90 Å². The maximum absolute atomic E-state index is 12.1. The molecule has 7 heteroatoms. The summed E-state index contributed by atoms with van der Waals surface area (Å²) in [6.07, 6.45) is 5.27. The maximum Gasteiger partial charge on any atom is 0.324 e. The van der Waals surface area contributed by atoms with Crippen molar-refractivity contribution in [3.8, 4) is 0 Å². The summed E-state index contributed by atoms with van der Waals surface area (Å²) < 4.78 is 0. The molecule has 20 heavy (non-hydrogen) atoms. The fourth-order valence-electron chi connectivity index (χ4n) is 2.17. The van der Waals surface area contributed by atoms with E-state index in [1.807, 2.05) is 12.2 Å². The number of imide groups is 1. The van der Waals surface area contributed by atoms with Gasteiger partial charge < -0.3 is 10.4 Å². The van der Waals surface area contributed by atoms with Crippen molar-refractivity contribution in [2.75, 3.05) is 7.05 Å². The van der Waals surface area contributed by atoms with Crippen LogP contribution in [0.3, 0.4) is 0 Å². The number of carboxylic acids is 1. The number of urea groups is 1. The molecule has 0 aliphatic heterocycles. The summed E-state index contributed by atoms with van der Waals surface area (Å²) in [5, 5.41) is 10.9. The SMILES string of the molecule is CC(Cl)C(=O)N(C)C(=O)NC1(CC(=O)O)CC=CCC1. The number of hydrogen-bond acceptors (Lipinski definition) is 3. The van der Waals surface area contributed by atoms with Crippen molar-refractivity contribution in [2.24, 2.45) is 0 Å². The van der Waals surface area contributed by atoms with Gasteiger partial charge in [-0.2, -0.15) is 0 Å². The first-order valence-electron chi connectivity index (χ1n) is 6.38. The highest BCUT2D eigenvalue weighted by Gasteiger charge is 2.36. The van der Waals surface area contributed by atoms with Crippen LogP contribution in [0.2, 0.25) is 0 Å². The predicted octanol–water partition coefficient (Wildman–Crippen LogP) is 1.74. The quantitative estimate of drug-likeness (QED) is 0.611. The van der Waals surface area contributed by atoms with Crippen molar-refractivity contribution in [1.82, 2.24) is 10.2 Å². The summed E-state index contributed by atoms with van der Waals surface area (Å²) >= 11 is 5.65. The zero-order valence-electron chi connectivity index (χ0n) is 11.6. The van der Waals surface area contributed by atoms with Crippen LogP contribution in [0.15, 0.2) is 12.2 Å². The molecule has 0 radical (unpaired) electrons. The van der Waals surface area contributed by atoms with Crippen molar-refractivity contribution in [3.05, 3.63) is 12.2 Å². The molecule has 0 bridgehead atoms. The van der Waals surface area contributed by atoms with Crippen LogP contribution in [0.4, 0.5) is 4.79 Å². The van der Waals surface area contributed by atoms with Crippen molar-refractivity contribution in [2.45, 2.75) is 43.5 Å².